The highest BCUT2D eigenvalue weighted by Crippen LogP contribution is 1.92. The normalized spacial score (nSPS) is 11.1. The van der Waals surface area contributed by atoms with Crippen molar-refractivity contribution in [2.24, 2.45) is 0 Å². The van der Waals surface area contributed by atoms with Crippen LogP contribution in [0.5, 0.6) is 0 Å². The van der Waals surface area contributed by atoms with Crippen LogP contribution < -0.4 is 0 Å². The van der Waals surface area contributed by atoms with Crippen molar-refractivity contribution in [3.63, 3.8) is 0 Å². The van der Waals surface area contributed by atoms with Crippen LogP contribution >= 0.6 is 12.6 Å². The van der Waals surface area contributed by atoms with Gasteiger partial charge in [0.05, 0.1) is 0 Å². The fourth-order valence-electron chi connectivity index (χ4n) is 0.163. The van der Waals surface area contributed by atoms with Crippen LogP contribution in [0.15, 0.2) is 0 Å². The van der Waals surface area contributed by atoms with Crippen molar-refractivity contribution < 1.29 is 0 Å². The summed E-state index contributed by atoms with van der Waals surface area (Å²) in [6.07, 6.45) is 0. The van der Waals surface area contributed by atoms with Crippen molar-refractivity contribution >= 4 is 12.6 Å². The number of hydrogen-bond donors (Lipinski definition) is 1. The predicted molar refractivity (Wildman–Crippen MR) is 36.8 cm³/mol. The average Bonchev–Trinajstić information content (AvgIpc) is 1.65. The average molecular weight is 119 g/mol. The molecule has 0 saturated heterocycles. The largest absolute Gasteiger partial charge is 0.295 e. The quantitative estimate of drug-likeness (QED) is 0.422. The Kier molecular flexibility index (Phi) is 3.48. The van der Waals surface area contributed by atoms with Crippen molar-refractivity contribution in [2.75, 3.05) is 12.9 Å². The molecule has 0 heterocycles. The van der Waals surface area contributed by atoms with Gasteiger partial charge in [-0.15, -0.1) is 0 Å². The monoisotopic (exact) mass is 119 g/mol. The molecule has 0 bridgehead atoms. The van der Waals surface area contributed by atoms with Gasteiger partial charge < -0.3 is 0 Å². The van der Waals surface area contributed by atoms with Crippen LogP contribution in [0.4, 0.5) is 0 Å². The first-order chi connectivity index (χ1) is 3.18. The molecule has 0 aliphatic rings. The molecular weight excluding hydrogens is 106 g/mol. The molecule has 7 heavy (non-hydrogen) atoms. The molecule has 0 aromatic heterocycles. The topological polar surface area (TPSA) is 3.24 Å². The van der Waals surface area contributed by atoms with Crippen LogP contribution in [0, 0.1) is 0 Å². The molecule has 0 saturated carbocycles. The maximum absolute atomic E-state index is 4.08. The van der Waals surface area contributed by atoms with Gasteiger partial charge in [-0.05, 0) is 20.9 Å². The lowest BCUT2D eigenvalue weighted by Crippen LogP contribution is -2.24. The summed E-state index contributed by atoms with van der Waals surface area (Å²) >= 11 is 4.08. The van der Waals surface area contributed by atoms with Crippen molar-refractivity contribution in [1.29, 1.82) is 0 Å². The Balaban J connectivity index is 3.14. The molecule has 1 nitrogen and oxygen atoms in total. The molecule has 0 rings (SSSR count). The highest BCUT2D eigenvalue weighted by molar-refractivity contribution is 7.80. The molecule has 0 aromatic rings. The molecule has 0 atom stereocenters. The lowest BCUT2D eigenvalue weighted by Gasteiger charge is -2.16. The van der Waals surface area contributed by atoms with E-state index in [4.69, 9.17) is 0 Å². The third kappa shape index (κ3) is 2.94. The first-order valence-corrected chi connectivity index (χ1v) is 3.13. The summed E-state index contributed by atoms with van der Waals surface area (Å²) in [5.74, 6) is 0.845. The van der Waals surface area contributed by atoms with E-state index in [2.05, 4.69) is 38.4 Å². The molecule has 0 fully saturated rings. The van der Waals surface area contributed by atoms with Crippen LogP contribution in [-0.4, -0.2) is 23.9 Å². The van der Waals surface area contributed by atoms with Crippen LogP contribution in [0.1, 0.15) is 13.8 Å². The maximum Gasteiger partial charge on any atom is 0.0413 e. The standard InChI is InChI=1S/C5H13NS/c1-5(2)6(3)4-7/h5,7H,4H2,1-3H3. The Morgan fingerprint density at radius 3 is 2.00 bits per heavy atom. The molecule has 0 aliphatic carbocycles. The van der Waals surface area contributed by atoms with Crippen molar-refractivity contribution in [3.8, 4) is 0 Å². The lowest BCUT2D eigenvalue weighted by atomic mass is 10.4. The first kappa shape index (κ1) is 7.31. The Bertz CT molecular complexity index is 45.3. The second kappa shape index (κ2) is 3.33. The van der Waals surface area contributed by atoms with Gasteiger partial charge in [-0.2, -0.15) is 12.6 Å². The van der Waals surface area contributed by atoms with Gasteiger partial charge in [-0.25, -0.2) is 0 Å². The van der Waals surface area contributed by atoms with Crippen LogP contribution in [0.25, 0.3) is 0 Å². The molecule has 0 aliphatic heterocycles. The fourth-order valence-corrected chi connectivity index (χ4v) is 0.490. The van der Waals surface area contributed by atoms with E-state index in [0.717, 1.165) is 5.88 Å². The van der Waals surface area contributed by atoms with E-state index in [-0.39, 0.29) is 0 Å². The van der Waals surface area contributed by atoms with Crippen molar-refractivity contribution in [2.45, 2.75) is 19.9 Å². The smallest absolute Gasteiger partial charge is 0.0413 e. The highest BCUT2D eigenvalue weighted by atomic mass is 32.1. The summed E-state index contributed by atoms with van der Waals surface area (Å²) in [5.41, 5.74) is 0. The zero-order chi connectivity index (χ0) is 5.86. The minimum atomic E-state index is 0.623. The minimum Gasteiger partial charge on any atom is -0.295 e. The van der Waals surface area contributed by atoms with E-state index in [1.165, 1.54) is 0 Å². The molecule has 0 N–H and O–H groups in total. The summed E-state index contributed by atoms with van der Waals surface area (Å²) in [5, 5.41) is 0. The van der Waals surface area contributed by atoms with Gasteiger partial charge in [0.25, 0.3) is 0 Å². The zero-order valence-corrected chi connectivity index (χ0v) is 6.07. The lowest BCUT2D eigenvalue weighted by molar-refractivity contribution is 0.323. The summed E-state index contributed by atoms with van der Waals surface area (Å²) in [6, 6.07) is 0.623. The van der Waals surface area contributed by atoms with Gasteiger partial charge in [-0.1, -0.05) is 0 Å². The van der Waals surface area contributed by atoms with Gasteiger partial charge in [0, 0.05) is 11.9 Å². The van der Waals surface area contributed by atoms with Gasteiger partial charge >= 0.3 is 0 Å². The van der Waals surface area contributed by atoms with Crippen molar-refractivity contribution in [3.05, 3.63) is 0 Å². The van der Waals surface area contributed by atoms with Crippen molar-refractivity contribution in [1.82, 2.24) is 4.90 Å². The fraction of sp³-hybridized carbons (Fsp3) is 1.00. The van der Waals surface area contributed by atoms with E-state index in [1.54, 1.807) is 0 Å². The molecule has 0 spiro atoms. The van der Waals surface area contributed by atoms with Gasteiger partial charge in [-0.3, -0.25) is 4.90 Å². The molecule has 0 radical (unpaired) electrons. The third-order valence-corrected chi connectivity index (χ3v) is 1.55. The van der Waals surface area contributed by atoms with Crippen LogP contribution in [0.3, 0.4) is 0 Å². The maximum atomic E-state index is 4.08. The SMILES string of the molecule is CC(C)N(C)CS. The summed E-state index contributed by atoms with van der Waals surface area (Å²) in [6.45, 7) is 4.30. The number of hydrogen-bond acceptors (Lipinski definition) is 2. The van der Waals surface area contributed by atoms with E-state index in [9.17, 15) is 0 Å². The summed E-state index contributed by atoms with van der Waals surface area (Å²) in [7, 11) is 2.05. The molecule has 0 aromatic carbocycles. The Morgan fingerprint density at radius 2 is 2.00 bits per heavy atom. The first-order valence-electron chi connectivity index (χ1n) is 2.49. The van der Waals surface area contributed by atoms with Gasteiger partial charge in [0.1, 0.15) is 0 Å². The summed E-state index contributed by atoms with van der Waals surface area (Å²) in [4.78, 5) is 2.16. The van der Waals surface area contributed by atoms with E-state index in [1.807, 2.05) is 0 Å². The highest BCUT2D eigenvalue weighted by Gasteiger charge is 1.96. The molecule has 0 amide bonds. The number of nitrogens with zero attached hydrogens (tertiary/aromatic N) is 1. The Hall–Kier alpha value is 0.310. The van der Waals surface area contributed by atoms with E-state index in [0.29, 0.717) is 6.04 Å². The molecule has 44 valence electrons. The summed E-state index contributed by atoms with van der Waals surface area (Å²) < 4.78 is 0. The van der Waals surface area contributed by atoms with E-state index >= 15 is 0 Å². The van der Waals surface area contributed by atoms with Gasteiger partial charge in [0.15, 0.2) is 0 Å². The Morgan fingerprint density at radius 1 is 1.57 bits per heavy atom. The third-order valence-electron chi connectivity index (χ3n) is 1.10. The molecule has 2 heteroatoms. The second-order valence-electron chi connectivity index (χ2n) is 1.99. The predicted octanol–water partition coefficient (Wildman–Crippen LogP) is 1.21. The minimum absolute atomic E-state index is 0.623. The van der Waals surface area contributed by atoms with E-state index < -0.39 is 0 Å². The van der Waals surface area contributed by atoms with Crippen LogP contribution in [-0.2, 0) is 0 Å². The molecule has 0 unspecified atom stereocenters. The Labute approximate surface area is 51.1 Å². The second-order valence-corrected chi connectivity index (χ2v) is 2.28. The molecular formula is C5H13NS. The zero-order valence-electron chi connectivity index (χ0n) is 5.18. The number of rotatable bonds is 2. The van der Waals surface area contributed by atoms with Gasteiger partial charge in [0.2, 0.25) is 0 Å². The van der Waals surface area contributed by atoms with Crippen LogP contribution in [0.2, 0.25) is 0 Å². The number of thiol groups is 1.